The van der Waals surface area contributed by atoms with Gasteiger partial charge in [-0.25, -0.2) is 0 Å². The van der Waals surface area contributed by atoms with E-state index in [2.05, 4.69) is 45.5 Å². The van der Waals surface area contributed by atoms with Gasteiger partial charge in [-0.1, -0.05) is 12.1 Å². The molecule has 0 bridgehead atoms. The first-order valence-corrected chi connectivity index (χ1v) is 9.93. The third-order valence-corrected chi connectivity index (χ3v) is 4.72. The average Bonchev–Trinajstić information content (AvgIpc) is 3.22. The Balaban J connectivity index is 0.00000420. The Kier molecular flexibility index (Phi) is 12.7. The third kappa shape index (κ3) is 9.66. The van der Waals surface area contributed by atoms with Crippen molar-refractivity contribution in [1.82, 2.24) is 10.6 Å². The van der Waals surface area contributed by atoms with Gasteiger partial charge in [0.25, 0.3) is 0 Å². The van der Waals surface area contributed by atoms with Crippen LogP contribution in [0.2, 0.25) is 0 Å². The molecule has 0 saturated carbocycles. The summed E-state index contributed by atoms with van der Waals surface area (Å²) in [6.45, 7) is 5.74. The molecule has 0 amide bonds. The molecule has 1 aromatic carbocycles. The molecule has 0 spiro atoms. The Morgan fingerprint density at radius 1 is 1.31 bits per heavy atom. The number of unbranched alkanes of at least 4 members (excludes halogenated alkanes) is 1. The van der Waals surface area contributed by atoms with Crippen LogP contribution in [0.15, 0.2) is 23.2 Å². The van der Waals surface area contributed by atoms with Gasteiger partial charge >= 0.3 is 5.97 Å². The summed E-state index contributed by atoms with van der Waals surface area (Å²) >= 11 is 0. The highest BCUT2D eigenvalue weighted by Crippen LogP contribution is 2.22. The van der Waals surface area contributed by atoms with Crippen LogP contribution in [0, 0.1) is 12.8 Å². The number of ether oxygens (including phenoxy) is 3. The zero-order valence-electron chi connectivity index (χ0n) is 17.7. The summed E-state index contributed by atoms with van der Waals surface area (Å²) in [5.74, 6) is 1.95. The third-order valence-electron chi connectivity index (χ3n) is 4.72. The lowest BCUT2D eigenvalue weighted by Gasteiger charge is -2.17. The van der Waals surface area contributed by atoms with Gasteiger partial charge in [-0.3, -0.25) is 9.79 Å². The number of aryl methyl sites for hydroxylation is 1. The standard InChI is InChI=1S/C21H33N3O4.HI/c1-16-7-8-18(19(12-16)28-15-17-9-11-27-14-17)13-24-21(22-2)23-10-5-4-6-20(25)26-3;/h7-8,12,17H,4-6,9-11,13-15H2,1-3H3,(H2,22,23,24);1H. The van der Waals surface area contributed by atoms with Crippen molar-refractivity contribution in [2.45, 2.75) is 39.2 Å². The van der Waals surface area contributed by atoms with E-state index >= 15 is 0 Å². The number of methoxy groups -OCH3 is 1. The second-order valence-electron chi connectivity index (χ2n) is 7.04. The predicted molar refractivity (Wildman–Crippen MR) is 125 cm³/mol. The van der Waals surface area contributed by atoms with Gasteiger partial charge in [0, 0.05) is 44.6 Å². The van der Waals surface area contributed by atoms with Crippen molar-refractivity contribution in [3.05, 3.63) is 29.3 Å². The van der Waals surface area contributed by atoms with Gasteiger partial charge in [-0.2, -0.15) is 0 Å². The van der Waals surface area contributed by atoms with E-state index in [4.69, 9.17) is 9.47 Å². The first kappa shape index (κ1) is 25.5. The Labute approximate surface area is 191 Å². The van der Waals surface area contributed by atoms with Crippen molar-refractivity contribution in [2.24, 2.45) is 10.9 Å². The number of aliphatic imine (C=N–C) groups is 1. The van der Waals surface area contributed by atoms with Crippen LogP contribution in [0.1, 0.15) is 36.8 Å². The monoisotopic (exact) mass is 519 g/mol. The SMILES string of the molecule is CN=C(NCCCCC(=O)OC)NCc1ccc(C)cc1OCC1CCOC1.I. The largest absolute Gasteiger partial charge is 0.493 e. The highest BCUT2D eigenvalue weighted by atomic mass is 127. The van der Waals surface area contributed by atoms with Crippen molar-refractivity contribution in [3.63, 3.8) is 0 Å². The fourth-order valence-electron chi connectivity index (χ4n) is 2.97. The molecule has 1 heterocycles. The minimum absolute atomic E-state index is 0. The molecule has 0 aliphatic carbocycles. The van der Waals surface area contributed by atoms with Crippen molar-refractivity contribution in [2.75, 3.05) is 40.5 Å². The molecule has 0 aromatic heterocycles. The van der Waals surface area contributed by atoms with Crippen LogP contribution in [0.4, 0.5) is 0 Å². The summed E-state index contributed by atoms with van der Waals surface area (Å²) in [7, 11) is 3.16. The molecule has 1 aliphatic rings. The predicted octanol–water partition coefficient (Wildman–Crippen LogP) is 3.04. The van der Waals surface area contributed by atoms with Gasteiger partial charge in [-0.15, -0.1) is 24.0 Å². The van der Waals surface area contributed by atoms with Gasteiger partial charge in [-0.05, 0) is 37.8 Å². The van der Waals surface area contributed by atoms with Crippen molar-refractivity contribution >= 4 is 35.9 Å². The van der Waals surface area contributed by atoms with E-state index < -0.39 is 0 Å². The Bertz CT molecular complexity index is 649. The number of benzene rings is 1. The highest BCUT2D eigenvalue weighted by molar-refractivity contribution is 14.0. The number of halogens is 1. The van der Waals surface area contributed by atoms with Crippen molar-refractivity contribution < 1.29 is 19.0 Å². The van der Waals surface area contributed by atoms with Crippen molar-refractivity contribution in [3.8, 4) is 5.75 Å². The maximum atomic E-state index is 11.1. The summed E-state index contributed by atoms with van der Waals surface area (Å²) in [4.78, 5) is 15.4. The fourth-order valence-corrected chi connectivity index (χ4v) is 2.97. The maximum absolute atomic E-state index is 11.1. The van der Waals surface area contributed by atoms with Gasteiger partial charge in [0.15, 0.2) is 5.96 Å². The minimum atomic E-state index is -0.168. The molecule has 1 aromatic rings. The Morgan fingerprint density at radius 2 is 2.14 bits per heavy atom. The molecule has 29 heavy (non-hydrogen) atoms. The number of carbonyl (C=O) groups is 1. The van der Waals surface area contributed by atoms with Crippen LogP contribution in [0.3, 0.4) is 0 Å². The smallest absolute Gasteiger partial charge is 0.305 e. The van der Waals surface area contributed by atoms with Crippen LogP contribution in [0.25, 0.3) is 0 Å². The quantitative estimate of drug-likeness (QED) is 0.163. The highest BCUT2D eigenvalue weighted by Gasteiger charge is 2.17. The zero-order valence-corrected chi connectivity index (χ0v) is 20.0. The molecule has 7 nitrogen and oxygen atoms in total. The molecular weight excluding hydrogens is 485 g/mol. The maximum Gasteiger partial charge on any atom is 0.305 e. The molecule has 0 radical (unpaired) electrons. The van der Waals surface area contributed by atoms with Gasteiger partial charge in [0.1, 0.15) is 5.75 Å². The molecule has 164 valence electrons. The van der Waals surface area contributed by atoms with Crippen LogP contribution in [-0.2, 0) is 20.8 Å². The molecule has 1 unspecified atom stereocenters. The summed E-state index contributed by atoms with van der Waals surface area (Å²) in [5, 5.41) is 6.60. The second kappa shape index (κ2) is 14.4. The molecule has 1 fully saturated rings. The first-order valence-electron chi connectivity index (χ1n) is 9.93. The fraction of sp³-hybridized carbons (Fsp3) is 0.619. The van der Waals surface area contributed by atoms with E-state index in [0.29, 0.717) is 25.5 Å². The summed E-state index contributed by atoms with van der Waals surface area (Å²) in [6, 6.07) is 6.26. The van der Waals surface area contributed by atoms with Crippen LogP contribution < -0.4 is 15.4 Å². The number of hydrogen-bond donors (Lipinski definition) is 2. The first-order chi connectivity index (χ1) is 13.6. The summed E-state index contributed by atoms with van der Waals surface area (Å²) in [6.07, 6.45) is 3.17. The van der Waals surface area contributed by atoms with Gasteiger partial charge < -0.3 is 24.8 Å². The molecule has 1 saturated heterocycles. The van der Waals surface area contributed by atoms with Crippen LogP contribution >= 0.6 is 24.0 Å². The minimum Gasteiger partial charge on any atom is -0.493 e. The molecule has 2 N–H and O–H groups in total. The average molecular weight is 519 g/mol. The second-order valence-corrected chi connectivity index (χ2v) is 7.04. The molecular formula is C21H34IN3O4. The Hall–Kier alpha value is -1.55. The van der Waals surface area contributed by atoms with Crippen LogP contribution in [-0.4, -0.2) is 52.5 Å². The number of esters is 1. The summed E-state index contributed by atoms with van der Waals surface area (Å²) < 4.78 is 16.2. The van der Waals surface area contributed by atoms with E-state index in [1.54, 1.807) is 7.05 Å². The van der Waals surface area contributed by atoms with E-state index in [0.717, 1.165) is 56.3 Å². The molecule has 1 atom stereocenters. The number of hydrogen-bond acceptors (Lipinski definition) is 5. The van der Waals surface area contributed by atoms with E-state index in [1.807, 2.05) is 0 Å². The lowest BCUT2D eigenvalue weighted by Crippen LogP contribution is -2.37. The number of nitrogens with zero attached hydrogens (tertiary/aromatic N) is 1. The van der Waals surface area contributed by atoms with Crippen molar-refractivity contribution in [1.29, 1.82) is 0 Å². The van der Waals surface area contributed by atoms with Gasteiger partial charge in [0.2, 0.25) is 0 Å². The molecule has 8 heteroatoms. The van der Waals surface area contributed by atoms with Gasteiger partial charge in [0.05, 0.1) is 20.3 Å². The normalized spacial score (nSPS) is 16.1. The number of nitrogens with one attached hydrogen (secondary N) is 2. The van der Waals surface area contributed by atoms with E-state index in [-0.39, 0.29) is 29.9 Å². The topological polar surface area (TPSA) is 81.2 Å². The number of carbonyl (C=O) groups excluding carboxylic acids is 1. The van der Waals surface area contributed by atoms with E-state index in [1.165, 1.54) is 12.7 Å². The number of rotatable bonds is 10. The molecule has 2 rings (SSSR count). The van der Waals surface area contributed by atoms with Crippen LogP contribution in [0.5, 0.6) is 5.75 Å². The zero-order chi connectivity index (χ0) is 20.2. The lowest BCUT2D eigenvalue weighted by molar-refractivity contribution is -0.140. The molecule has 1 aliphatic heterocycles. The summed E-state index contributed by atoms with van der Waals surface area (Å²) in [5.41, 5.74) is 2.27. The number of guanidine groups is 1. The lowest BCUT2D eigenvalue weighted by atomic mass is 10.1. The Morgan fingerprint density at radius 3 is 2.83 bits per heavy atom. The van der Waals surface area contributed by atoms with E-state index in [9.17, 15) is 4.79 Å².